The van der Waals surface area contributed by atoms with Crippen LogP contribution in [0.3, 0.4) is 0 Å². The van der Waals surface area contributed by atoms with Gasteiger partial charge in [-0.15, -0.1) is 11.3 Å². The summed E-state index contributed by atoms with van der Waals surface area (Å²) < 4.78 is 5.36. The lowest BCUT2D eigenvalue weighted by Gasteiger charge is -2.20. The summed E-state index contributed by atoms with van der Waals surface area (Å²) in [5.74, 6) is 0.184. The van der Waals surface area contributed by atoms with Crippen LogP contribution in [0.1, 0.15) is 30.1 Å². The Bertz CT molecular complexity index is 541. The summed E-state index contributed by atoms with van der Waals surface area (Å²) in [5, 5.41) is 13.0. The average Bonchev–Trinajstić information content (AvgIpc) is 3.21. The van der Waals surface area contributed by atoms with Crippen LogP contribution >= 0.6 is 11.3 Å². The van der Waals surface area contributed by atoms with Crippen LogP contribution < -0.4 is 10.2 Å². The third kappa shape index (κ3) is 3.07. The van der Waals surface area contributed by atoms with E-state index in [4.69, 9.17) is 4.74 Å². The van der Waals surface area contributed by atoms with E-state index in [2.05, 4.69) is 10.3 Å². The Morgan fingerprint density at radius 3 is 2.95 bits per heavy atom. The zero-order valence-electron chi connectivity index (χ0n) is 11.7. The number of carbonyl (C=O) groups is 1. The molecule has 2 aliphatic rings. The molecule has 1 atom stereocenters. The molecule has 0 unspecified atom stereocenters. The van der Waals surface area contributed by atoms with Crippen molar-refractivity contribution in [3.05, 3.63) is 11.1 Å². The molecule has 0 saturated carbocycles. The number of hydrogen-bond donors (Lipinski definition) is 1. The van der Waals surface area contributed by atoms with E-state index in [1.165, 1.54) is 11.3 Å². The van der Waals surface area contributed by atoms with Gasteiger partial charge < -0.3 is 10.1 Å². The summed E-state index contributed by atoms with van der Waals surface area (Å²) in [5.41, 5.74) is 0. The van der Waals surface area contributed by atoms with Gasteiger partial charge in [-0.2, -0.15) is 10.2 Å². The third-order valence-electron chi connectivity index (χ3n) is 4.06. The maximum Gasteiger partial charge on any atom is 0.246 e. The van der Waals surface area contributed by atoms with Crippen molar-refractivity contribution < 1.29 is 9.53 Å². The van der Waals surface area contributed by atoms with Gasteiger partial charge in [0.2, 0.25) is 11.0 Å². The van der Waals surface area contributed by atoms with E-state index in [0.717, 1.165) is 48.8 Å². The zero-order valence-corrected chi connectivity index (χ0v) is 12.6. The molecular weight excluding hydrogens is 288 g/mol. The van der Waals surface area contributed by atoms with Gasteiger partial charge in [0.05, 0.1) is 5.92 Å². The monoisotopic (exact) mass is 306 g/mol. The van der Waals surface area contributed by atoms with Gasteiger partial charge in [0, 0.05) is 30.8 Å². The number of anilines is 1. The van der Waals surface area contributed by atoms with Crippen molar-refractivity contribution in [1.29, 1.82) is 5.26 Å². The van der Waals surface area contributed by atoms with Crippen molar-refractivity contribution >= 4 is 22.4 Å². The number of hydrogen-bond acceptors (Lipinski definition) is 6. The molecule has 1 N–H and O–H groups in total. The Balaban J connectivity index is 1.73. The highest BCUT2D eigenvalue weighted by molar-refractivity contribution is 7.15. The predicted molar refractivity (Wildman–Crippen MR) is 79.0 cm³/mol. The molecular formula is C14H18N4O2S. The lowest BCUT2D eigenvalue weighted by atomic mass is 9.99. The number of nitrogens with one attached hydrogen (secondary N) is 1. The van der Waals surface area contributed by atoms with E-state index >= 15 is 0 Å². The summed E-state index contributed by atoms with van der Waals surface area (Å²) >= 11 is 1.45. The van der Waals surface area contributed by atoms with Crippen molar-refractivity contribution in [1.82, 2.24) is 10.3 Å². The van der Waals surface area contributed by atoms with E-state index < -0.39 is 0 Å². The van der Waals surface area contributed by atoms with Crippen molar-refractivity contribution in [2.75, 3.05) is 31.2 Å². The highest BCUT2D eigenvalue weighted by Crippen LogP contribution is 2.34. The van der Waals surface area contributed by atoms with E-state index in [0.29, 0.717) is 17.6 Å². The predicted octanol–water partition coefficient (Wildman–Crippen LogP) is 1.46. The highest BCUT2D eigenvalue weighted by atomic mass is 32.1. The van der Waals surface area contributed by atoms with Crippen molar-refractivity contribution in [2.24, 2.45) is 5.92 Å². The molecule has 0 spiro atoms. The Morgan fingerprint density at radius 2 is 2.29 bits per heavy atom. The van der Waals surface area contributed by atoms with E-state index in [-0.39, 0.29) is 11.8 Å². The lowest BCUT2D eigenvalue weighted by Crippen LogP contribution is -2.33. The van der Waals surface area contributed by atoms with Crippen molar-refractivity contribution in [3.63, 3.8) is 0 Å². The number of carbonyl (C=O) groups excluding carboxylic acids is 1. The first-order valence-corrected chi connectivity index (χ1v) is 8.09. The molecule has 1 aromatic rings. The molecule has 1 aromatic heterocycles. The molecule has 0 radical (unpaired) electrons. The van der Waals surface area contributed by atoms with Crippen LogP contribution in [0.25, 0.3) is 0 Å². The van der Waals surface area contributed by atoms with Gasteiger partial charge in [-0.1, -0.05) is 0 Å². The Labute approximate surface area is 127 Å². The van der Waals surface area contributed by atoms with Crippen molar-refractivity contribution in [2.45, 2.75) is 25.2 Å². The molecule has 0 bridgehead atoms. The first kappa shape index (κ1) is 14.4. The number of aromatic nitrogens is 1. The maximum absolute atomic E-state index is 12.4. The van der Waals surface area contributed by atoms with Crippen LogP contribution in [0.5, 0.6) is 0 Å². The molecule has 3 rings (SSSR count). The van der Waals surface area contributed by atoms with Gasteiger partial charge in [0.25, 0.3) is 0 Å². The lowest BCUT2D eigenvalue weighted by molar-refractivity contribution is -0.121. The molecule has 112 valence electrons. The number of nitrogens with zero attached hydrogens (tertiary/aromatic N) is 3. The number of amides is 1. The summed E-state index contributed by atoms with van der Waals surface area (Å²) in [6.45, 7) is 3.02. The quantitative estimate of drug-likeness (QED) is 0.675. The van der Waals surface area contributed by atoms with Crippen LogP contribution in [0, 0.1) is 17.4 Å². The van der Waals surface area contributed by atoms with Crippen molar-refractivity contribution in [3.8, 4) is 6.19 Å². The first-order valence-electron chi connectivity index (χ1n) is 7.27. The fourth-order valence-electron chi connectivity index (χ4n) is 2.79. The van der Waals surface area contributed by atoms with Crippen LogP contribution in [0.15, 0.2) is 6.20 Å². The minimum absolute atomic E-state index is 0.111. The fourth-order valence-corrected chi connectivity index (χ4v) is 3.83. The zero-order chi connectivity index (χ0) is 14.7. The van der Waals surface area contributed by atoms with E-state index in [1.54, 1.807) is 6.20 Å². The molecule has 6 nitrogen and oxygen atoms in total. The number of thiazole rings is 1. The third-order valence-corrected chi connectivity index (χ3v) is 5.20. The molecule has 0 aromatic carbocycles. The SMILES string of the molecule is N#CN(C(=O)[C@H]1CCNC1)c1ncc(C2CCOCC2)s1. The largest absolute Gasteiger partial charge is 0.381 e. The Hall–Kier alpha value is -1.49. The van der Waals surface area contributed by atoms with Gasteiger partial charge in [-0.05, 0) is 31.7 Å². The van der Waals surface area contributed by atoms with E-state index in [1.807, 2.05) is 6.19 Å². The Kier molecular flexibility index (Phi) is 4.48. The van der Waals surface area contributed by atoms with Gasteiger partial charge in [0.1, 0.15) is 0 Å². The number of nitriles is 1. The minimum Gasteiger partial charge on any atom is -0.381 e. The highest BCUT2D eigenvalue weighted by Gasteiger charge is 2.30. The van der Waals surface area contributed by atoms with Gasteiger partial charge in [0.15, 0.2) is 6.19 Å². The summed E-state index contributed by atoms with van der Waals surface area (Å²) in [7, 11) is 0. The summed E-state index contributed by atoms with van der Waals surface area (Å²) in [6.07, 6.45) is 6.55. The van der Waals surface area contributed by atoms with Crippen LogP contribution in [-0.2, 0) is 9.53 Å². The molecule has 7 heteroatoms. The molecule has 3 heterocycles. The van der Waals surface area contributed by atoms with Crippen LogP contribution in [0.4, 0.5) is 5.13 Å². The summed E-state index contributed by atoms with van der Waals surface area (Å²) in [6, 6.07) is 0. The molecule has 2 saturated heterocycles. The molecule has 0 aliphatic carbocycles. The molecule has 21 heavy (non-hydrogen) atoms. The standard InChI is InChI=1S/C14H18N4O2S/c15-9-18(13(19)11-1-4-16-7-11)14-17-8-12(21-14)10-2-5-20-6-3-10/h8,10-11,16H,1-7H2/t11-/m0/s1. The van der Waals surface area contributed by atoms with Crippen LogP contribution in [0.2, 0.25) is 0 Å². The number of rotatable bonds is 3. The van der Waals surface area contributed by atoms with E-state index in [9.17, 15) is 10.1 Å². The first-order chi connectivity index (χ1) is 10.3. The molecule has 1 amide bonds. The minimum atomic E-state index is -0.143. The average molecular weight is 306 g/mol. The van der Waals surface area contributed by atoms with Gasteiger partial charge in [-0.3, -0.25) is 4.79 Å². The molecule has 2 aliphatic heterocycles. The topological polar surface area (TPSA) is 78.3 Å². The molecule has 2 fully saturated rings. The van der Waals surface area contributed by atoms with Crippen LogP contribution in [-0.4, -0.2) is 37.2 Å². The fraction of sp³-hybridized carbons (Fsp3) is 0.643. The second-order valence-corrected chi connectivity index (χ2v) is 6.44. The smallest absolute Gasteiger partial charge is 0.246 e. The summed E-state index contributed by atoms with van der Waals surface area (Å²) in [4.78, 5) is 19.0. The van der Waals surface area contributed by atoms with Gasteiger partial charge in [-0.25, -0.2) is 4.98 Å². The number of ether oxygens (including phenoxy) is 1. The van der Waals surface area contributed by atoms with Gasteiger partial charge >= 0.3 is 0 Å². The normalized spacial score (nSPS) is 22.9. The Morgan fingerprint density at radius 1 is 1.48 bits per heavy atom. The second-order valence-electron chi connectivity index (χ2n) is 5.40. The second kappa shape index (κ2) is 6.52. The maximum atomic E-state index is 12.4.